The van der Waals surface area contributed by atoms with Gasteiger partial charge in [-0.05, 0) is 13.3 Å². The molecule has 0 aliphatic carbocycles. The minimum absolute atomic E-state index is 0.188. The lowest BCUT2D eigenvalue weighted by Gasteiger charge is -2.21. The van der Waals surface area contributed by atoms with Crippen LogP contribution in [0.15, 0.2) is 6.20 Å². The van der Waals surface area contributed by atoms with Gasteiger partial charge in [-0.2, -0.15) is 4.98 Å². The first-order chi connectivity index (χ1) is 9.37. The fourth-order valence-corrected chi connectivity index (χ4v) is 2.22. The Balaban J connectivity index is 2.21. The van der Waals surface area contributed by atoms with E-state index in [4.69, 9.17) is 10.5 Å². The van der Waals surface area contributed by atoms with E-state index in [0.717, 1.165) is 6.20 Å². The number of hydrogen-bond donors (Lipinski definition) is 1. The minimum Gasteiger partial charge on any atom is -0.469 e. The number of nitro groups is 1. The normalized spacial score (nSPS) is 21.8. The molecule has 1 aromatic rings. The number of aromatic nitrogens is 2. The van der Waals surface area contributed by atoms with Crippen LogP contribution in [0.5, 0.6) is 0 Å². The molecule has 2 rings (SSSR count). The van der Waals surface area contributed by atoms with Crippen molar-refractivity contribution in [2.75, 3.05) is 30.8 Å². The number of nitrogens with zero attached hydrogens (tertiary/aromatic N) is 4. The SMILES string of the molecule is COC(=O)C1(C)CCN(c2ncc([N+](=O)[O-])c(N)n2)C1. The fraction of sp³-hybridized carbons (Fsp3) is 0.545. The van der Waals surface area contributed by atoms with E-state index >= 15 is 0 Å². The number of carbonyl (C=O) groups excluding carboxylic acids is 1. The number of carbonyl (C=O) groups is 1. The van der Waals surface area contributed by atoms with Crippen molar-refractivity contribution in [1.82, 2.24) is 9.97 Å². The van der Waals surface area contributed by atoms with Crippen molar-refractivity contribution in [3.63, 3.8) is 0 Å². The minimum atomic E-state index is -0.637. The zero-order valence-corrected chi connectivity index (χ0v) is 11.2. The van der Waals surface area contributed by atoms with Crippen LogP contribution in [-0.2, 0) is 9.53 Å². The number of nitrogens with two attached hydrogens (primary N) is 1. The quantitative estimate of drug-likeness (QED) is 0.478. The van der Waals surface area contributed by atoms with E-state index in [2.05, 4.69) is 9.97 Å². The number of nitrogen functional groups attached to an aromatic ring is 1. The predicted octanol–water partition coefficient (Wildman–Crippen LogP) is 0.356. The van der Waals surface area contributed by atoms with E-state index < -0.39 is 10.3 Å². The van der Waals surface area contributed by atoms with Crippen LogP contribution in [0.3, 0.4) is 0 Å². The van der Waals surface area contributed by atoms with E-state index in [0.29, 0.717) is 19.5 Å². The maximum absolute atomic E-state index is 11.7. The third-order valence-electron chi connectivity index (χ3n) is 3.42. The van der Waals surface area contributed by atoms with Crippen LogP contribution in [0.2, 0.25) is 0 Å². The molecule has 1 atom stereocenters. The average Bonchev–Trinajstić information content (AvgIpc) is 2.81. The lowest BCUT2D eigenvalue weighted by Crippen LogP contribution is -2.33. The lowest BCUT2D eigenvalue weighted by molar-refractivity contribution is -0.384. The van der Waals surface area contributed by atoms with Gasteiger partial charge >= 0.3 is 11.7 Å². The van der Waals surface area contributed by atoms with Gasteiger partial charge in [0.2, 0.25) is 11.8 Å². The predicted molar refractivity (Wildman–Crippen MR) is 70.1 cm³/mol. The molecule has 1 aromatic heterocycles. The molecule has 1 aliphatic heterocycles. The smallest absolute Gasteiger partial charge is 0.329 e. The fourth-order valence-electron chi connectivity index (χ4n) is 2.22. The van der Waals surface area contributed by atoms with Crippen LogP contribution in [0, 0.1) is 15.5 Å². The molecule has 9 nitrogen and oxygen atoms in total. The molecule has 20 heavy (non-hydrogen) atoms. The van der Waals surface area contributed by atoms with E-state index in [1.807, 2.05) is 0 Å². The third kappa shape index (κ3) is 2.33. The molecule has 1 unspecified atom stereocenters. The largest absolute Gasteiger partial charge is 0.469 e. The number of anilines is 2. The van der Waals surface area contributed by atoms with Crippen molar-refractivity contribution < 1.29 is 14.5 Å². The Morgan fingerprint density at radius 1 is 1.65 bits per heavy atom. The van der Waals surface area contributed by atoms with Crippen LogP contribution in [0.1, 0.15) is 13.3 Å². The number of methoxy groups -OCH3 is 1. The summed E-state index contributed by atoms with van der Waals surface area (Å²) in [6, 6.07) is 0. The van der Waals surface area contributed by atoms with Gasteiger partial charge in [0, 0.05) is 13.1 Å². The summed E-state index contributed by atoms with van der Waals surface area (Å²) in [5.74, 6) is -0.206. The Labute approximate surface area is 114 Å². The molecule has 1 saturated heterocycles. The highest BCUT2D eigenvalue weighted by Crippen LogP contribution is 2.33. The summed E-state index contributed by atoms with van der Waals surface area (Å²) in [5, 5.41) is 10.7. The van der Waals surface area contributed by atoms with Gasteiger partial charge < -0.3 is 15.4 Å². The molecule has 0 saturated carbocycles. The van der Waals surface area contributed by atoms with E-state index in [1.165, 1.54) is 7.11 Å². The van der Waals surface area contributed by atoms with Crippen molar-refractivity contribution in [3.8, 4) is 0 Å². The summed E-state index contributed by atoms with van der Waals surface area (Å²) in [6.45, 7) is 2.74. The molecular weight excluding hydrogens is 266 g/mol. The van der Waals surface area contributed by atoms with Crippen molar-refractivity contribution in [2.45, 2.75) is 13.3 Å². The third-order valence-corrected chi connectivity index (χ3v) is 3.42. The van der Waals surface area contributed by atoms with E-state index in [1.54, 1.807) is 11.8 Å². The molecule has 2 heterocycles. The molecule has 0 radical (unpaired) electrons. The molecule has 0 aromatic carbocycles. The molecule has 0 bridgehead atoms. The molecule has 1 aliphatic rings. The standard InChI is InChI=1S/C11H15N5O4/c1-11(9(17)20-2)3-4-15(6-11)10-13-5-7(16(18)19)8(12)14-10/h5H,3-4,6H2,1-2H3,(H2,12,13,14). The topological polar surface area (TPSA) is 124 Å². The van der Waals surface area contributed by atoms with Gasteiger partial charge in [0.15, 0.2) is 0 Å². The molecule has 0 amide bonds. The second-order valence-electron chi connectivity index (χ2n) is 4.92. The Hall–Kier alpha value is -2.45. The number of hydrogen-bond acceptors (Lipinski definition) is 8. The van der Waals surface area contributed by atoms with Crippen LogP contribution in [0.25, 0.3) is 0 Å². The van der Waals surface area contributed by atoms with Gasteiger partial charge in [-0.15, -0.1) is 0 Å². The second kappa shape index (κ2) is 4.91. The molecule has 2 N–H and O–H groups in total. The van der Waals surface area contributed by atoms with E-state index in [9.17, 15) is 14.9 Å². The maximum Gasteiger partial charge on any atom is 0.329 e. The molecule has 1 fully saturated rings. The van der Waals surface area contributed by atoms with Crippen molar-refractivity contribution in [3.05, 3.63) is 16.3 Å². The monoisotopic (exact) mass is 281 g/mol. The highest BCUT2D eigenvalue weighted by Gasteiger charge is 2.42. The van der Waals surface area contributed by atoms with Crippen molar-refractivity contribution >= 4 is 23.4 Å². The number of ether oxygens (including phenoxy) is 1. The van der Waals surface area contributed by atoms with Crippen LogP contribution in [0.4, 0.5) is 17.5 Å². The van der Waals surface area contributed by atoms with Crippen LogP contribution < -0.4 is 10.6 Å². The summed E-state index contributed by atoms with van der Waals surface area (Å²) in [4.78, 5) is 31.4. The molecule has 108 valence electrons. The Bertz CT molecular complexity index is 564. The first-order valence-electron chi connectivity index (χ1n) is 5.97. The molecular formula is C11H15N5O4. The van der Waals surface area contributed by atoms with Crippen LogP contribution >= 0.6 is 0 Å². The zero-order valence-electron chi connectivity index (χ0n) is 11.2. The highest BCUT2D eigenvalue weighted by molar-refractivity contribution is 5.78. The number of esters is 1. The Kier molecular flexibility index (Phi) is 3.43. The van der Waals surface area contributed by atoms with E-state index in [-0.39, 0.29) is 23.4 Å². The number of rotatable bonds is 3. The average molecular weight is 281 g/mol. The summed E-state index contributed by atoms with van der Waals surface area (Å²) < 4.78 is 4.78. The summed E-state index contributed by atoms with van der Waals surface area (Å²) in [6.07, 6.45) is 1.67. The summed E-state index contributed by atoms with van der Waals surface area (Å²) in [7, 11) is 1.34. The summed E-state index contributed by atoms with van der Waals surface area (Å²) in [5.41, 5.74) is 4.57. The van der Waals surface area contributed by atoms with Gasteiger partial charge in [-0.1, -0.05) is 0 Å². The van der Waals surface area contributed by atoms with Gasteiger partial charge in [0.1, 0.15) is 6.20 Å². The van der Waals surface area contributed by atoms with Gasteiger partial charge in [-0.25, -0.2) is 4.98 Å². The zero-order chi connectivity index (χ0) is 14.9. The first-order valence-corrected chi connectivity index (χ1v) is 5.97. The second-order valence-corrected chi connectivity index (χ2v) is 4.92. The van der Waals surface area contributed by atoms with Gasteiger partial charge in [0.05, 0.1) is 17.4 Å². The Morgan fingerprint density at radius 2 is 2.35 bits per heavy atom. The van der Waals surface area contributed by atoms with Crippen LogP contribution in [-0.4, -0.2) is 41.1 Å². The highest BCUT2D eigenvalue weighted by atomic mass is 16.6. The van der Waals surface area contributed by atoms with Gasteiger partial charge in [-0.3, -0.25) is 14.9 Å². The Morgan fingerprint density at radius 3 is 2.90 bits per heavy atom. The van der Waals surface area contributed by atoms with Gasteiger partial charge in [0.25, 0.3) is 0 Å². The molecule has 0 spiro atoms. The lowest BCUT2D eigenvalue weighted by atomic mass is 9.90. The van der Waals surface area contributed by atoms with Crippen molar-refractivity contribution in [2.24, 2.45) is 5.41 Å². The summed E-state index contributed by atoms with van der Waals surface area (Å²) >= 11 is 0. The molecule has 9 heteroatoms. The first kappa shape index (κ1) is 14.0. The van der Waals surface area contributed by atoms with Crippen molar-refractivity contribution in [1.29, 1.82) is 0 Å². The maximum atomic E-state index is 11.7.